The van der Waals surface area contributed by atoms with Crippen LogP contribution >= 0.6 is 0 Å². The molecular weight excluding hydrogens is 371 g/mol. The van der Waals surface area contributed by atoms with Gasteiger partial charge in [0.05, 0.1) is 31.2 Å². The molecule has 8 heteroatoms. The van der Waals surface area contributed by atoms with Crippen LogP contribution in [0.1, 0.15) is 6.92 Å². The molecule has 0 saturated carbocycles. The summed E-state index contributed by atoms with van der Waals surface area (Å²) >= 11 is 0. The van der Waals surface area contributed by atoms with Crippen LogP contribution in [0, 0.1) is 28.6 Å². The average Bonchev–Trinajstić information content (AvgIpc) is 2.68. The van der Waals surface area contributed by atoms with Gasteiger partial charge in [-0.25, -0.2) is 4.39 Å². The Morgan fingerprint density at radius 1 is 1.31 bits per heavy atom. The Bertz CT molecular complexity index is 737. The fraction of sp³-hybridized carbons (Fsp3) is 0.524. The first kappa shape index (κ1) is 21.1. The molecule has 2 saturated heterocycles. The van der Waals surface area contributed by atoms with Crippen LogP contribution in [-0.2, 0) is 4.74 Å². The number of halogens is 1. The number of ether oxygens (including phenoxy) is 1. The van der Waals surface area contributed by atoms with Crippen molar-refractivity contribution in [2.24, 2.45) is 11.8 Å². The lowest BCUT2D eigenvalue weighted by molar-refractivity contribution is -0.0660. The van der Waals surface area contributed by atoms with Crippen LogP contribution in [0.4, 0.5) is 15.8 Å². The van der Waals surface area contributed by atoms with E-state index < -0.39 is 18.1 Å². The minimum Gasteiger partial charge on any atom is -0.378 e. The van der Waals surface area contributed by atoms with Crippen molar-refractivity contribution in [3.63, 3.8) is 0 Å². The number of nitrogens with zero attached hydrogens (tertiary/aromatic N) is 3. The van der Waals surface area contributed by atoms with E-state index in [4.69, 9.17) is 15.4 Å². The zero-order chi connectivity index (χ0) is 20.8. The topological polar surface area (TPSA) is 87.4 Å². The summed E-state index contributed by atoms with van der Waals surface area (Å²) in [6, 6.07) is 10.4. The van der Waals surface area contributed by atoms with Crippen LogP contribution in [0.5, 0.6) is 0 Å². The summed E-state index contributed by atoms with van der Waals surface area (Å²) in [6.07, 6.45) is -0.0941. The maximum absolute atomic E-state index is 14.3. The summed E-state index contributed by atoms with van der Waals surface area (Å²) in [5.41, 5.74) is 1.84. The maximum atomic E-state index is 14.3. The first-order valence-electron chi connectivity index (χ1n) is 9.97. The summed E-state index contributed by atoms with van der Waals surface area (Å²) in [7, 11) is 0. The van der Waals surface area contributed by atoms with Gasteiger partial charge in [0.1, 0.15) is 0 Å². The molecule has 0 spiro atoms. The fourth-order valence-electron chi connectivity index (χ4n) is 3.55. The highest BCUT2D eigenvalue weighted by atomic mass is 19.1. The first-order valence-corrected chi connectivity index (χ1v) is 9.97. The number of anilines is 2. The lowest BCUT2D eigenvalue weighted by atomic mass is 9.94. The molecule has 3 rings (SSSR count). The number of guanidine groups is 1. The zero-order valence-electron chi connectivity index (χ0n) is 16.8. The van der Waals surface area contributed by atoms with Crippen LogP contribution in [0.2, 0.25) is 0 Å². The standard InChI is InChI=1S/C21H29FN6O/c1-3-16(12-23)15(2)20(22)26-21(24)25-17-4-6-18(7-5-17)27-8-10-28(11-9-27)19-13-29-14-19/h3-7,15-16,19-20H,1,8-11,13-14H2,2H3,(H3,24,25,26)/t15?,16?,20-/m0/s1. The third kappa shape index (κ3) is 5.25. The van der Waals surface area contributed by atoms with E-state index in [1.807, 2.05) is 30.3 Å². The minimum atomic E-state index is -1.52. The monoisotopic (exact) mass is 400 g/mol. The van der Waals surface area contributed by atoms with Crippen LogP contribution in [0.3, 0.4) is 0 Å². The largest absolute Gasteiger partial charge is 0.378 e. The third-order valence-corrected chi connectivity index (χ3v) is 5.67. The Kier molecular flexibility index (Phi) is 7.07. The SMILES string of the molecule is C=CC(C#N)C(C)[C@@H](F)NC(=N)Nc1ccc(N2CCN(C3COC3)CC2)cc1. The highest BCUT2D eigenvalue weighted by Gasteiger charge is 2.29. The highest BCUT2D eigenvalue weighted by molar-refractivity contribution is 5.91. The number of rotatable bonds is 7. The Balaban J connectivity index is 1.47. The summed E-state index contributed by atoms with van der Waals surface area (Å²) in [5, 5.41) is 22.3. The molecule has 2 heterocycles. The molecule has 0 bridgehead atoms. The maximum Gasteiger partial charge on any atom is 0.195 e. The highest BCUT2D eigenvalue weighted by Crippen LogP contribution is 2.22. The first-order chi connectivity index (χ1) is 14.0. The average molecular weight is 401 g/mol. The Labute approximate surface area is 171 Å². The van der Waals surface area contributed by atoms with Crippen molar-refractivity contribution in [3.05, 3.63) is 36.9 Å². The van der Waals surface area contributed by atoms with Crippen LogP contribution in [-0.4, -0.2) is 62.6 Å². The van der Waals surface area contributed by atoms with Crippen molar-refractivity contribution in [1.29, 1.82) is 10.7 Å². The van der Waals surface area contributed by atoms with E-state index in [2.05, 4.69) is 27.0 Å². The molecule has 3 N–H and O–H groups in total. The number of alkyl halides is 1. The van der Waals surface area contributed by atoms with Gasteiger partial charge in [-0.1, -0.05) is 13.0 Å². The van der Waals surface area contributed by atoms with Crippen LogP contribution in [0.15, 0.2) is 36.9 Å². The predicted octanol–water partition coefficient (Wildman–Crippen LogP) is 2.40. The molecule has 0 radical (unpaired) electrons. The second-order valence-electron chi connectivity index (χ2n) is 7.56. The second-order valence-corrected chi connectivity index (χ2v) is 7.56. The van der Waals surface area contributed by atoms with Gasteiger partial charge in [0.2, 0.25) is 0 Å². The van der Waals surface area contributed by atoms with Gasteiger partial charge >= 0.3 is 0 Å². The Morgan fingerprint density at radius 2 is 1.97 bits per heavy atom. The Morgan fingerprint density at radius 3 is 2.48 bits per heavy atom. The lowest BCUT2D eigenvalue weighted by Crippen LogP contribution is -2.56. The number of nitriles is 1. The van der Waals surface area contributed by atoms with Crippen molar-refractivity contribution in [2.75, 3.05) is 49.6 Å². The van der Waals surface area contributed by atoms with Crippen molar-refractivity contribution in [2.45, 2.75) is 19.3 Å². The van der Waals surface area contributed by atoms with Gasteiger partial charge in [-0.05, 0) is 24.3 Å². The zero-order valence-corrected chi connectivity index (χ0v) is 16.8. The van der Waals surface area contributed by atoms with E-state index in [1.54, 1.807) is 6.92 Å². The molecule has 2 fully saturated rings. The van der Waals surface area contributed by atoms with E-state index in [-0.39, 0.29) is 5.96 Å². The summed E-state index contributed by atoms with van der Waals surface area (Å²) < 4.78 is 19.6. The number of hydrogen-bond donors (Lipinski definition) is 3. The smallest absolute Gasteiger partial charge is 0.195 e. The predicted molar refractivity (Wildman–Crippen MR) is 113 cm³/mol. The lowest BCUT2D eigenvalue weighted by Gasteiger charge is -2.43. The van der Waals surface area contributed by atoms with Gasteiger partial charge in [-0.15, -0.1) is 6.58 Å². The van der Waals surface area contributed by atoms with Gasteiger partial charge in [0.15, 0.2) is 12.3 Å². The molecule has 1 aromatic rings. The summed E-state index contributed by atoms with van der Waals surface area (Å²) in [4.78, 5) is 4.83. The summed E-state index contributed by atoms with van der Waals surface area (Å²) in [5.74, 6) is -1.36. The molecular formula is C21H29FN6O. The van der Waals surface area contributed by atoms with Crippen molar-refractivity contribution in [1.82, 2.24) is 10.2 Å². The van der Waals surface area contributed by atoms with Gasteiger partial charge in [-0.2, -0.15) is 5.26 Å². The third-order valence-electron chi connectivity index (χ3n) is 5.67. The van der Waals surface area contributed by atoms with Crippen molar-refractivity contribution >= 4 is 17.3 Å². The molecule has 2 aliphatic heterocycles. The second kappa shape index (κ2) is 9.72. The molecule has 29 heavy (non-hydrogen) atoms. The van der Waals surface area contributed by atoms with Gasteiger partial charge in [0, 0.05) is 43.5 Å². The van der Waals surface area contributed by atoms with Crippen LogP contribution in [0.25, 0.3) is 0 Å². The van der Waals surface area contributed by atoms with Crippen molar-refractivity contribution < 1.29 is 9.13 Å². The van der Waals surface area contributed by atoms with Gasteiger partial charge in [-0.3, -0.25) is 10.3 Å². The molecule has 1 aromatic carbocycles. The molecule has 0 aliphatic carbocycles. The van der Waals surface area contributed by atoms with E-state index >= 15 is 0 Å². The number of hydrogen-bond acceptors (Lipinski definition) is 5. The molecule has 2 unspecified atom stereocenters. The molecule has 3 atom stereocenters. The number of allylic oxidation sites excluding steroid dienone is 1. The number of benzene rings is 1. The number of nitrogens with one attached hydrogen (secondary N) is 3. The minimum absolute atomic E-state index is 0.144. The van der Waals surface area contributed by atoms with E-state index in [0.717, 1.165) is 45.1 Å². The molecule has 0 aromatic heterocycles. The van der Waals surface area contributed by atoms with Crippen LogP contribution < -0.4 is 15.5 Å². The van der Waals surface area contributed by atoms with E-state index in [0.29, 0.717) is 11.7 Å². The number of piperazine rings is 1. The van der Waals surface area contributed by atoms with E-state index in [9.17, 15) is 4.39 Å². The normalized spacial score (nSPS) is 20.7. The molecule has 156 valence electrons. The van der Waals surface area contributed by atoms with Crippen molar-refractivity contribution in [3.8, 4) is 6.07 Å². The van der Waals surface area contributed by atoms with E-state index in [1.165, 1.54) is 6.08 Å². The Hall–Kier alpha value is -2.63. The molecule has 7 nitrogen and oxygen atoms in total. The molecule has 0 amide bonds. The fourth-order valence-corrected chi connectivity index (χ4v) is 3.55. The molecule has 2 aliphatic rings. The van der Waals surface area contributed by atoms with Gasteiger partial charge in [0.25, 0.3) is 0 Å². The van der Waals surface area contributed by atoms with Gasteiger partial charge < -0.3 is 20.3 Å². The summed E-state index contributed by atoms with van der Waals surface area (Å²) in [6.45, 7) is 10.9. The quantitative estimate of drug-likeness (QED) is 0.282.